The van der Waals surface area contributed by atoms with Crippen LogP contribution in [0.5, 0.6) is 11.5 Å². The summed E-state index contributed by atoms with van der Waals surface area (Å²) in [7, 11) is 0. The van der Waals surface area contributed by atoms with Crippen molar-refractivity contribution >= 4 is 0 Å². The molecule has 0 bridgehead atoms. The minimum Gasteiger partial charge on any atom is -0.493 e. The first-order valence-electron chi connectivity index (χ1n) is 6.67. The third-order valence-corrected chi connectivity index (χ3v) is 3.06. The van der Waals surface area contributed by atoms with Gasteiger partial charge in [-0.1, -0.05) is 0 Å². The molecule has 2 atom stereocenters. The lowest BCUT2D eigenvalue weighted by Crippen LogP contribution is -2.06. The zero-order valence-corrected chi connectivity index (χ0v) is 11.6. The lowest BCUT2D eigenvalue weighted by Gasteiger charge is -2.16. The van der Waals surface area contributed by atoms with Gasteiger partial charge in [0, 0.05) is 24.2 Å². The Labute approximate surface area is 113 Å². The van der Waals surface area contributed by atoms with Crippen LogP contribution in [0.4, 0.5) is 0 Å². The molecular weight excluding hydrogens is 242 g/mol. The molecular formula is C15H19NO3. The number of nitriles is 1. The Bertz CT molecular complexity index is 493. The van der Waals surface area contributed by atoms with Gasteiger partial charge in [0.2, 0.25) is 0 Å². The Morgan fingerprint density at radius 1 is 1.42 bits per heavy atom. The van der Waals surface area contributed by atoms with E-state index < -0.39 is 6.10 Å². The van der Waals surface area contributed by atoms with Crippen molar-refractivity contribution in [3.63, 3.8) is 0 Å². The highest BCUT2D eigenvalue weighted by Gasteiger charge is 2.25. The van der Waals surface area contributed by atoms with E-state index in [1.165, 1.54) is 0 Å². The van der Waals surface area contributed by atoms with Gasteiger partial charge in [-0.25, -0.2) is 0 Å². The third kappa shape index (κ3) is 2.82. The van der Waals surface area contributed by atoms with Crippen molar-refractivity contribution < 1.29 is 14.2 Å². The van der Waals surface area contributed by atoms with Crippen LogP contribution in [0, 0.1) is 11.3 Å². The van der Waals surface area contributed by atoms with E-state index in [-0.39, 0.29) is 6.10 Å². The fourth-order valence-electron chi connectivity index (χ4n) is 2.30. The van der Waals surface area contributed by atoms with Crippen LogP contribution in [0.25, 0.3) is 0 Å². The molecule has 0 aromatic heterocycles. The first kappa shape index (κ1) is 13.7. The van der Waals surface area contributed by atoms with Gasteiger partial charge in [-0.2, -0.15) is 5.26 Å². The monoisotopic (exact) mass is 261 g/mol. The number of hydrogen-bond acceptors (Lipinski definition) is 4. The molecule has 4 nitrogen and oxygen atoms in total. The van der Waals surface area contributed by atoms with E-state index in [9.17, 15) is 5.26 Å². The van der Waals surface area contributed by atoms with Crippen LogP contribution in [0.1, 0.15) is 38.0 Å². The van der Waals surface area contributed by atoms with Gasteiger partial charge in [0.1, 0.15) is 17.6 Å². The second-order valence-corrected chi connectivity index (χ2v) is 4.53. The molecule has 2 rings (SSSR count). The topological polar surface area (TPSA) is 51.5 Å². The van der Waals surface area contributed by atoms with Gasteiger partial charge in [0.15, 0.2) is 6.10 Å². The molecule has 0 saturated heterocycles. The van der Waals surface area contributed by atoms with Crippen molar-refractivity contribution in [2.24, 2.45) is 0 Å². The lowest BCUT2D eigenvalue weighted by atomic mass is 10.0. The van der Waals surface area contributed by atoms with Crippen LogP contribution in [0.2, 0.25) is 0 Å². The van der Waals surface area contributed by atoms with Crippen LogP contribution in [0.3, 0.4) is 0 Å². The molecule has 1 aromatic rings. The fourth-order valence-corrected chi connectivity index (χ4v) is 2.30. The maximum atomic E-state index is 9.23. The summed E-state index contributed by atoms with van der Waals surface area (Å²) in [5.41, 5.74) is 1.88. The number of ether oxygens (including phenoxy) is 3. The van der Waals surface area contributed by atoms with Gasteiger partial charge in [-0.3, -0.25) is 0 Å². The predicted molar refractivity (Wildman–Crippen MR) is 71.4 cm³/mol. The predicted octanol–water partition coefficient (Wildman–Crippen LogP) is 3.01. The maximum absolute atomic E-state index is 9.23. The summed E-state index contributed by atoms with van der Waals surface area (Å²) < 4.78 is 16.8. The standard InChI is InChI=1S/C15H19NO3/c1-4-17-14-7-11-6-10(3)19-13(11)8-12(14)15(9-16)18-5-2/h7-8,10,15H,4-6H2,1-3H3. The molecule has 0 radical (unpaired) electrons. The van der Waals surface area contributed by atoms with Crippen molar-refractivity contribution in [3.8, 4) is 17.6 Å². The lowest BCUT2D eigenvalue weighted by molar-refractivity contribution is 0.0991. The maximum Gasteiger partial charge on any atom is 0.172 e. The van der Waals surface area contributed by atoms with Gasteiger partial charge in [0.25, 0.3) is 0 Å². The molecule has 4 heteroatoms. The van der Waals surface area contributed by atoms with E-state index in [2.05, 4.69) is 6.07 Å². The summed E-state index contributed by atoms with van der Waals surface area (Å²) in [5.74, 6) is 1.56. The highest BCUT2D eigenvalue weighted by atomic mass is 16.5. The van der Waals surface area contributed by atoms with Crippen molar-refractivity contribution in [2.45, 2.75) is 39.4 Å². The van der Waals surface area contributed by atoms with Gasteiger partial charge in [-0.05, 0) is 32.9 Å². The Morgan fingerprint density at radius 2 is 2.21 bits per heavy atom. The Hall–Kier alpha value is -1.73. The molecule has 1 aliphatic heterocycles. The molecule has 0 aliphatic carbocycles. The molecule has 102 valence electrons. The summed E-state index contributed by atoms with van der Waals surface area (Å²) in [4.78, 5) is 0. The Morgan fingerprint density at radius 3 is 2.84 bits per heavy atom. The molecule has 0 spiro atoms. The van der Waals surface area contributed by atoms with Gasteiger partial charge in [0.05, 0.1) is 12.7 Å². The molecule has 0 amide bonds. The number of benzene rings is 1. The average Bonchev–Trinajstić information content (AvgIpc) is 2.75. The van der Waals surface area contributed by atoms with Crippen LogP contribution in [-0.2, 0) is 11.2 Å². The molecule has 2 unspecified atom stereocenters. The Balaban J connectivity index is 2.41. The summed E-state index contributed by atoms with van der Waals surface area (Å²) in [6.45, 7) is 6.88. The average molecular weight is 261 g/mol. The zero-order chi connectivity index (χ0) is 13.8. The van der Waals surface area contributed by atoms with E-state index in [1.807, 2.05) is 32.9 Å². The van der Waals surface area contributed by atoms with Crippen LogP contribution in [0.15, 0.2) is 12.1 Å². The molecule has 0 saturated carbocycles. The van der Waals surface area contributed by atoms with Crippen LogP contribution < -0.4 is 9.47 Å². The number of fused-ring (bicyclic) bond motifs is 1. The van der Waals surface area contributed by atoms with Gasteiger partial charge < -0.3 is 14.2 Å². The zero-order valence-electron chi connectivity index (χ0n) is 11.6. The summed E-state index contributed by atoms with van der Waals surface area (Å²) in [5, 5.41) is 9.23. The number of rotatable bonds is 5. The van der Waals surface area contributed by atoms with Crippen molar-refractivity contribution in [1.82, 2.24) is 0 Å². The molecule has 1 aliphatic rings. The highest BCUT2D eigenvalue weighted by Crippen LogP contribution is 2.38. The van der Waals surface area contributed by atoms with E-state index in [1.54, 1.807) is 0 Å². The first-order chi connectivity index (χ1) is 9.19. The van der Waals surface area contributed by atoms with Gasteiger partial charge >= 0.3 is 0 Å². The fraction of sp³-hybridized carbons (Fsp3) is 0.533. The number of nitrogens with zero attached hydrogens (tertiary/aromatic N) is 1. The van der Waals surface area contributed by atoms with Crippen LogP contribution >= 0.6 is 0 Å². The summed E-state index contributed by atoms with van der Waals surface area (Å²) in [6, 6.07) is 6.02. The minimum absolute atomic E-state index is 0.173. The van der Waals surface area contributed by atoms with Crippen molar-refractivity contribution in [3.05, 3.63) is 23.3 Å². The van der Waals surface area contributed by atoms with Gasteiger partial charge in [-0.15, -0.1) is 0 Å². The van der Waals surface area contributed by atoms with E-state index in [4.69, 9.17) is 14.2 Å². The molecule has 1 aromatic carbocycles. The number of hydrogen-bond donors (Lipinski definition) is 0. The third-order valence-electron chi connectivity index (χ3n) is 3.06. The minimum atomic E-state index is -0.614. The van der Waals surface area contributed by atoms with E-state index >= 15 is 0 Å². The van der Waals surface area contributed by atoms with E-state index in [0.29, 0.717) is 13.2 Å². The molecule has 1 heterocycles. The SMILES string of the molecule is CCOc1cc2c(cc1C(C#N)OCC)OC(C)C2. The normalized spacial score (nSPS) is 18.3. The second kappa shape index (κ2) is 5.94. The largest absolute Gasteiger partial charge is 0.493 e. The quantitative estimate of drug-likeness (QED) is 0.817. The van der Waals surface area contributed by atoms with Crippen molar-refractivity contribution in [1.29, 1.82) is 5.26 Å². The summed E-state index contributed by atoms with van der Waals surface area (Å²) >= 11 is 0. The molecule has 0 fully saturated rings. The van der Waals surface area contributed by atoms with E-state index in [0.717, 1.165) is 29.0 Å². The Kier molecular flexibility index (Phi) is 4.28. The smallest absolute Gasteiger partial charge is 0.172 e. The molecule has 19 heavy (non-hydrogen) atoms. The van der Waals surface area contributed by atoms with Crippen LogP contribution in [-0.4, -0.2) is 19.3 Å². The second-order valence-electron chi connectivity index (χ2n) is 4.53. The van der Waals surface area contributed by atoms with Crippen molar-refractivity contribution in [2.75, 3.05) is 13.2 Å². The highest BCUT2D eigenvalue weighted by molar-refractivity contribution is 5.50. The first-order valence-corrected chi connectivity index (χ1v) is 6.67. The summed E-state index contributed by atoms with van der Waals surface area (Å²) in [6.07, 6.45) is 0.436. The molecule has 0 N–H and O–H groups in total.